The Bertz CT molecular complexity index is 138. The lowest BCUT2D eigenvalue weighted by atomic mass is 10.2. The van der Waals surface area contributed by atoms with Crippen molar-refractivity contribution < 1.29 is 4.21 Å². The summed E-state index contributed by atoms with van der Waals surface area (Å²) in [5, 5.41) is 0. The predicted molar refractivity (Wildman–Crippen MR) is 49.0 cm³/mol. The zero-order valence-electron chi connectivity index (χ0n) is 7.21. The van der Waals surface area contributed by atoms with E-state index in [4.69, 9.17) is 0 Å². The molecule has 66 valence electrons. The molecule has 0 aromatic heterocycles. The highest BCUT2D eigenvalue weighted by Crippen LogP contribution is 2.05. The number of nitrogens with zero attached hydrogens (tertiary/aromatic N) is 1. The molecular formula is C8H17NOS. The van der Waals surface area contributed by atoms with Crippen molar-refractivity contribution >= 4 is 10.8 Å². The second-order valence-electron chi connectivity index (χ2n) is 3.10. The van der Waals surface area contributed by atoms with Gasteiger partial charge in [0.15, 0.2) is 0 Å². The van der Waals surface area contributed by atoms with Crippen LogP contribution in [0.25, 0.3) is 0 Å². The highest BCUT2D eigenvalue weighted by Gasteiger charge is 2.16. The zero-order valence-corrected chi connectivity index (χ0v) is 8.03. The maximum Gasteiger partial charge on any atom is 0.0748 e. The molecule has 11 heavy (non-hydrogen) atoms. The Kier molecular flexibility index (Phi) is 4.08. The number of rotatable bonds is 4. The van der Waals surface area contributed by atoms with E-state index < -0.39 is 10.8 Å². The Morgan fingerprint density at radius 3 is 2.82 bits per heavy atom. The van der Waals surface area contributed by atoms with E-state index in [9.17, 15) is 4.21 Å². The molecule has 0 radical (unpaired) electrons. The summed E-state index contributed by atoms with van der Waals surface area (Å²) in [6.45, 7) is 4.41. The number of hydrogen-bond acceptors (Lipinski definition) is 2. The van der Waals surface area contributed by atoms with E-state index in [0.717, 1.165) is 24.7 Å². The fourth-order valence-electron chi connectivity index (χ4n) is 1.33. The Morgan fingerprint density at radius 2 is 2.27 bits per heavy atom. The SMILES string of the molecule is CCCCCN1CCS(=O)C1. The van der Waals surface area contributed by atoms with E-state index in [2.05, 4.69) is 11.8 Å². The first-order valence-electron chi connectivity index (χ1n) is 4.40. The van der Waals surface area contributed by atoms with E-state index >= 15 is 0 Å². The van der Waals surface area contributed by atoms with Gasteiger partial charge in [0.25, 0.3) is 0 Å². The minimum atomic E-state index is -0.532. The summed E-state index contributed by atoms with van der Waals surface area (Å²) in [5.41, 5.74) is 0. The molecule has 0 aliphatic carbocycles. The van der Waals surface area contributed by atoms with Crippen LogP contribution in [0.2, 0.25) is 0 Å². The molecular weight excluding hydrogens is 158 g/mol. The summed E-state index contributed by atoms with van der Waals surface area (Å²) >= 11 is 0. The number of hydrogen-bond donors (Lipinski definition) is 0. The summed E-state index contributed by atoms with van der Waals surface area (Å²) in [6.07, 6.45) is 3.85. The molecule has 3 heteroatoms. The third-order valence-corrected chi connectivity index (χ3v) is 3.33. The van der Waals surface area contributed by atoms with Crippen molar-refractivity contribution in [3.63, 3.8) is 0 Å². The fourth-order valence-corrected chi connectivity index (χ4v) is 2.58. The van der Waals surface area contributed by atoms with Gasteiger partial charge in [-0.15, -0.1) is 0 Å². The Balaban J connectivity index is 2.04. The molecule has 1 saturated heterocycles. The minimum Gasteiger partial charge on any atom is -0.291 e. The van der Waals surface area contributed by atoms with Gasteiger partial charge in [-0.2, -0.15) is 0 Å². The fraction of sp³-hybridized carbons (Fsp3) is 1.00. The largest absolute Gasteiger partial charge is 0.291 e. The van der Waals surface area contributed by atoms with Gasteiger partial charge in [0, 0.05) is 23.1 Å². The summed E-state index contributed by atoms with van der Waals surface area (Å²) < 4.78 is 11.0. The molecule has 0 aromatic carbocycles. The molecule has 1 fully saturated rings. The van der Waals surface area contributed by atoms with E-state index in [1.54, 1.807) is 0 Å². The van der Waals surface area contributed by atoms with E-state index in [-0.39, 0.29) is 0 Å². The lowest BCUT2D eigenvalue weighted by Gasteiger charge is -2.11. The van der Waals surface area contributed by atoms with Crippen LogP contribution in [0.3, 0.4) is 0 Å². The van der Waals surface area contributed by atoms with E-state index in [1.807, 2.05) is 0 Å². The van der Waals surface area contributed by atoms with E-state index in [1.165, 1.54) is 19.3 Å². The third kappa shape index (κ3) is 3.34. The molecule has 1 aliphatic heterocycles. The Hall–Kier alpha value is 0.110. The van der Waals surface area contributed by atoms with Crippen LogP contribution >= 0.6 is 0 Å². The predicted octanol–water partition coefficient (Wildman–Crippen LogP) is 1.20. The maximum atomic E-state index is 11.0. The topological polar surface area (TPSA) is 20.3 Å². The number of unbranched alkanes of at least 4 members (excludes halogenated alkanes) is 2. The van der Waals surface area contributed by atoms with Crippen molar-refractivity contribution in [3.8, 4) is 0 Å². The zero-order chi connectivity index (χ0) is 8.10. The lowest BCUT2D eigenvalue weighted by Crippen LogP contribution is -2.21. The first kappa shape index (κ1) is 9.20. The molecule has 1 atom stereocenters. The van der Waals surface area contributed by atoms with Crippen molar-refractivity contribution in [2.45, 2.75) is 26.2 Å². The Labute approximate surface area is 71.4 Å². The first-order valence-corrected chi connectivity index (χ1v) is 5.89. The molecule has 2 nitrogen and oxygen atoms in total. The molecule has 0 bridgehead atoms. The monoisotopic (exact) mass is 175 g/mol. The van der Waals surface area contributed by atoms with Crippen LogP contribution in [0.4, 0.5) is 0 Å². The van der Waals surface area contributed by atoms with Crippen LogP contribution in [-0.4, -0.2) is 33.8 Å². The van der Waals surface area contributed by atoms with Gasteiger partial charge in [-0.25, -0.2) is 0 Å². The molecule has 0 amide bonds. The summed E-state index contributed by atoms with van der Waals surface area (Å²) in [6, 6.07) is 0. The van der Waals surface area contributed by atoms with Crippen LogP contribution in [0.1, 0.15) is 26.2 Å². The van der Waals surface area contributed by atoms with Crippen LogP contribution in [0.15, 0.2) is 0 Å². The van der Waals surface area contributed by atoms with Crippen LogP contribution in [0.5, 0.6) is 0 Å². The highest BCUT2D eigenvalue weighted by atomic mass is 32.2. The highest BCUT2D eigenvalue weighted by molar-refractivity contribution is 7.85. The van der Waals surface area contributed by atoms with Gasteiger partial charge in [-0.3, -0.25) is 9.11 Å². The molecule has 0 N–H and O–H groups in total. The molecule has 0 spiro atoms. The smallest absolute Gasteiger partial charge is 0.0748 e. The van der Waals surface area contributed by atoms with Crippen molar-refractivity contribution in [2.24, 2.45) is 0 Å². The second-order valence-corrected chi connectivity index (χ2v) is 4.64. The summed E-state index contributed by atoms with van der Waals surface area (Å²) in [5.74, 6) is 1.72. The average molecular weight is 175 g/mol. The van der Waals surface area contributed by atoms with Gasteiger partial charge in [-0.05, 0) is 13.0 Å². The van der Waals surface area contributed by atoms with Gasteiger partial charge in [0.2, 0.25) is 0 Å². The van der Waals surface area contributed by atoms with Gasteiger partial charge < -0.3 is 0 Å². The Morgan fingerprint density at radius 1 is 1.45 bits per heavy atom. The van der Waals surface area contributed by atoms with Crippen molar-refractivity contribution in [1.29, 1.82) is 0 Å². The maximum absolute atomic E-state index is 11.0. The van der Waals surface area contributed by atoms with Crippen LogP contribution in [-0.2, 0) is 10.8 Å². The summed E-state index contributed by atoms with van der Waals surface area (Å²) in [7, 11) is -0.532. The van der Waals surface area contributed by atoms with Crippen molar-refractivity contribution in [3.05, 3.63) is 0 Å². The normalized spacial score (nSPS) is 26.1. The quantitative estimate of drug-likeness (QED) is 0.598. The molecule has 1 unspecified atom stereocenters. The van der Waals surface area contributed by atoms with Crippen LogP contribution in [0, 0.1) is 0 Å². The first-order chi connectivity index (χ1) is 5.33. The second kappa shape index (κ2) is 4.88. The molecule has 0 saturated carbocycles. The van der Waals surface area contributed by atoms with Gasteiger partial charge >= 0.3 is 0 Å². The van der Waals surface area contributed by atoms with Crippen molar-refractivity contribution in [2.75, 3.05) is 24.7 Å². The van der Waals surface area contributed by atoms with Gasteiger partial charge in [0.1, 0.15) is 0 Å². The third-order valence-electron chi connectivity index (χ3n) is 2.04. The summed E-state index contributed by atoms with van der Waals surface area (Å²) in [4.78, 5) is 2.31. The average Bonchev–Trinajstić information content (AvgIpc) is 2.37. The molecule has 1 rings (SSSR count). The molecule has 1 aliphatic rings. The van der Waals surface area contributed by atoms with Crippen molar-refractivity contribution in [1.82, 2.24) is 4.90 Å². The van der Waals surface area contributed by atoms with Crippen LogP contribution < -0.4 is 0 Å². The van der Waals surface area contributed by atoms with E-state index in [0.29, 0.717) is 0 Å². The van der Waals surface area contributed by atoms with Gasteiger partial charge in [0.05, 0.1) is 5.88 Å². The lowest BCUT2D eigenvalue weighted by molar-refractivity contribution is 0.344. The molecule has 0 aromatic rings. The molecule has 1 heterocycles. The standard InChI is InChI=1S/C8H17NOS/c1-2-3-4-5-9-6-7-11(10)8-9/h2-8H2,1H3. The minimum absolute atomic E-state index is 0.532. The van der Waals surface area contributed by atoms with Gasteiger partial charge in [-0.1, -0.05) is 19.8 Å².